The van der Waals surface area contributed by atoms with Gasteiger partial charge in [0, 0.05) is 10.2 Å². The lowest BCUT2D eigenvalue weighted by Gasteiger charge is -2.08. The van der Waals surface area contributed by atoms with E-state index in [0.717, 1.165) is 15.2 Å². The van der Waals surface area contributed by atoms with Crippen molar-refractivity contribution in [3.8, 4) is 11.8 Å². The Morgan fingerprint density at radius 3 is 2.26 bits per heavy atom. The summed E-state index contributed by atoms with van der Waals surface area (Å²) < 4.78 is 31.5. The van der Waals surface area contributed by atoms with Crippen LogP contribution in [-0.4, -0.2) is 14.3 Å². The molecule has 1 N–H and O–H groups in total. The van der Waals surface area contributed by atoms with Gasteiger partial charge in [0.05, 0.1) is 0 Å². The molecule has 4 aromatic rings. The molecule has 0 saturated heterocycles. The van der Waals surface area contributed by atoms with Crippen molar-refractivity contribution in [3.05, 3.63) is 107 Å². The standard InChI is InChI=1S/C26H17BrN2O4S/c27-22-8-10-23(11-9-22)29-26(30)21(17-28)15-18-5-12-24(13-6-18)33-34(31,32)25-14-7-19-3-1-2-4-20(19)16-25/h1-16H,(H,29,30). The summed E-state index contributed by atoms with van der Waals surface area (Å²) in [5.74, 6) is -0.438. The maximum absolute atomic E-state index is 12.7. The fourth-order valence-corrected chi connectivity index (χ4v) is 4.40. The van der Waals surface area contributed by atoms with Gasteiger partial charge in [-0.05, 0) is 70.9 Å². The fourth-order valence-electron chi connectivity index (χ4n) is 3.16. The second kappa shape index (κ2) is 9.91. The smallest absolute Gasteiger partial charge is 0.339 e. The number of benzene rings is 4. The van der Waals surface area contributed by atoms with Crippen molar-refractivity contribution in [2.24, 2.45) is 0 Å². The Bertz CT molecular complexity index is 1540. The Balaban J connectivity index is 1.49. The number of nitrogens with one attached hydrogen (secondary N) is 1. The zero-order valence-corrected chi connectivity index (χ0v) is 20.0. The molecule has 0 bridgehead atoms. The lowest BCUT2D eigenvalue weighted by atomic mass is 10.1. The molecule has 0 aliphatic heterocycles. The normalized spacial score (nSPS) is 11.6. The van der Waals surface area contributed by atoms with Gasteiger partial charge in [0.25, 0.3) is 5.91 Å². The van der Waals surface area contributed by atoms with E-state index in [4.69, 9.17) is 4.18 Å². The van der Waals surface area contributed by atoms with Crippen LogP contribution in [-0.2, 0) is 14.9 Å². The highest BCUT2D eigenvalue weighted by Gasteiger charge is 2.17. The molecule has 0 heterocycles. The first-order chi connectivity index (χ1) is 16.3. The van der Waals surface area contributed by atoms with Crippen LogP contribution < -0.4 is 9.50 Å². The molecule has 0 radical (unpaired) electrons. The van der Waals surface area contributed by atoms with Crippen molar-refractivity contribution in [1.29, 1.82) is 5.26 Å². The van der Waals surface area contributed by atoms with Crippen LogP contribution in [0, 0.1) is 11.3 Å². The van der Waals surface area contributed by atoms with Crippen molar-refractivity contribution < 1.29 is 17.4 Å². The third kappa shape index (κ3) is 5.52. The zero-order chi connectivity index (χ0) is 24.1. The molecular formula is C26H17BrN2O4S. The van der Waals surface area contributed by atoms with Crippen LogP contribution in [0.5, 0.6) is 5.75 Å². The quantitative estimate of drug-likeness (QED) is 0.189. The molecule has 0 unspecified atom stereocenters. The van der Waals surface area contributed by atoms with E-state index in [0.29, 0.717) is 11.3 Å². The first-order valence-corrected chi connectivity index (χ1v) is 12.3. The van der Waals surface area contributed by atoms with Crippen LogP contribution >= 0.6 is 15.9 Å². The van der Waals surface area contributed by atoms with Gasteiger partial charge >= 0.3 is 10.1 Å². The van der Waals surface area contributed by atoms with Crippen molar-refractivity contribution in [3.63, 3.8) is 0 Å². The summed E-state index contributed by atoms with van der Waals surface area (Å²) in [5.41, 5.74) is 0.996. The van der Waals surface area contributed by atoms with Gasteiger partial charge in [-0.3, -0.25) is 4.79 Å². The monoisotopic (exact) mass is 532 g/mol. The number of halogens is 1. The third-order valence-electron chi connectivity index (χ3n) is 4.87. The highest BCUT2D eigenvalue weighted by Crippen LogP contribution is 2.24. The fraction of sp³-hybridized carbons (Fsp3) is 0. The van der Waals surface area contributed by atoms with Crippen molar-refractivity contribution in [2.45, 2.75) is 4.90 Å². The van der Waals surface area contributed by atoms with E-state index in [1.165, 1.54) is 24.3 Å². The van der Waals surface area contributed by atoms with E-state index in [1.807, 2.05) is 30.3 Å². The van der Waals surface area contributed by atoms with Crippen LogP contribution in [0.25, 0.3) is 16.8 Å². The predicted molar refractivity (Wildman–Crippen MR) is 135 cm³/mol. The molecule has 168 valence electrons. The molecule has 1 amide bonds. The minimum Gasteiger partial charge on any atom is -0.379 e. The Morgan fingerprint density at radius 1 is 0.912 bits per heavy atom. The molecule has 0 spiro atoms. The molecule has 4 aromatic carbocycles. The summed E-state index contributed by atoms with van der Waals surface area (Å²) in [4.78, 5) is 12.5. The number of rotatable bonds is 6. The molecule has 34 heavy (non-hydrogen) atoms. The summed E-state index contributed by atoms with van der Waals surface area (Å²) in [5, 5.41) is 13.8. The Morgan fingerprint density at radius 2 is 1.59 bits per heavy atom. The molecule has 0 aliphatic rings. The molecule has 0 aliphatic carbocycles. The molecule has 8 heteroatoms. The highest BCUT2D eigenvalue weighted by atomic mass is 79.9. The number of amides is 1. The van der Waals surface area contributed by atoms with Gasteiger partial charge in [-0.1, -0.05) is 58.4 Å². The molecular weight excluding hydrogens is 516 g/mol. The van der Waals surface area contributed by atoms with Gasteiger partial charge in [-0.15, -0.1) is 0 Å². The van der Waals surface area contributed by atoms with Gasteiger partial charge in [-0.2, -0.15) is 13.7 Å². The topological polar surface area (TPSA) is 96.3 Å². The first kappa shape index (κ1) is 23.2. The van der Waals surface area contributed by atoms with E-state index >= 15 is 0 Å². The molecule has 0 aromatic heterocycles. The van der Waals surface area contributed by atoms with Crippen molar-refractivity contribution in [1.82, 2.24) is 0 Å². The SMILES string of the molecule is N#CC(=Cc1ccc(OS(=O)(=O)c2ccc3ccccc3c2)cc1)C(=O)Nc1ccc(Br)cc1. The molecule has 0 fully saturated rings. The van der Waals surface area contributed by atoms with Crippen LogP contribution in [0.3, 0.4) is 0 Å². The largest absolute Gasteiger partial charge is 0.379 e. The Labute approximate surface area is 205 Å². The number of nitrogens with zero attached hydrogens (tertiary/aromatic N) is 1. The van der Waals surface area contributed by atoms with E-state index < -0.39 is 16.0 Å². The summed E-state index contributed by atoms with van der Waals surface area (Å²) >= 11 is 3.32. The number of nitriles is 1. The zero-order valence-electron chi connectivity index (χ0n) is 17.6. The number of anilines is 1. The van der Waals surface area contributed by atoms with Gasteiger partial charge < -0.3 is 9.50 Å². The molecule has 4 rings (SSSR count). The summed E-state index contributed by atoms with van der Waals surface area (Å²) in [6.45, 7) is 0. The Kier molecular flexibility index (Phi) is 6.77. The minimum absolute atomic E-state index is 0.0477. The second-order valence-corrected chi connectivity index (χ2v) is 9.71. The average Bonchev–Trinajstić information content (AvgIpc) is 2.84. The maximum atomic E-state index is 12.7. The summed E-state index contributed by atoms with van der Waals surface area (Å²) in [6, 6.07) is 27.1. The van der Waals surface area contributed by atoms with Crippen LogP contribution in [0.4, 0.5) is 5.69 Å². The number of hydrogen-bond acceptors (Lipinski definition) is 5. The lowest BCUT2D eigenvalue weighted by Crippen LogP contribution is -2.13. The van der Waals surface area contributed by atoms with E-state index in [9.17, 15) is 18.5 Å². The van der Waals surface area contributed by atoms with E-state index in [1.54, 1.807) is 48.5 Å². The summed E-state index contributed by atoms with van der Waals surface area (Å²) in [6.07, 6.45) is 1.41. The molecule has 0 saturated carbocycles. The van der Waals surface area contributed by atoms with E-state index in [2.05, 4.69) is 21.2 Å². The van der Waals surface area contributed by atoms with Gasteiger partial charge in [0.1, 0.15) is 22.3 Å². The van der Waals surface area contributed by atoms with Crippen LogP contribution in [0.15, 0.2) is 106 Å². The number of carbonyl (C=O) groups excluding carboxylic acids is 1. The van der Waals surface area contributed by atoms with Crippen LogP contribution in [0.1, 0.15) is 5.56 Å². The molecule has 6 nitrogen and oxygen atoms in total. The van der Waals surface area contributed by atoms with Crippen LogP contribution in [0.2, 0.25) is 0 Å². The third-order valence-corrected chi connectivity index (χ3v) is 6.65. The highest BCUT2D eigenvalue weighted by molar-refractivity contribution is 9.10. The molecule has 0 atom stereocenters. The number of hydrogen-bond donors (Lipinski definition) is 1. The number of carbonyl (C=O) groups is 1. The minimum atomic E-state index is -4.03. The Hall–Kier alpha value is -3.93. The maximum Gasteiger partial charge on any atom is 0.339 e. The van der Waals surface area contributed by atoms with Gasteiger partial charge in [0.2, 0.25) is 0 Å². The summed E-state index contributed by atoms with van der Waals surface area (Å²) in [7, 11) is -4.03. The first-order valence-electron chi connectivity index (χ1n) is 10.1. The lowest BCUT2D eigenvalue weighted by molar-refractivity contribution is -0.112. The van der Waals surface area contributed by atoms with Gasteiger partial charge in [0.15, 0.2) is 0 Å². The van der Waals surface area contributed by atoms with Crippen molar-refractivity contribution in [2.75, 3.05) is 5.32 Å². The second-order valence-electron chi connectivity index (χ2n) is 7.25. The average molecular weight is 533 g/mol. The number of fused-ring (bicyclic) bond motifs is 1. The predicted octanol–water partition coefficient (Wildman–Crippen LogP) is 5.92. The van der Waals surface area contributed by atoms with Gasteiger partial charge in [-0.25, -0.2) is 0 Å². The van der Waals surface area contributed by atoms with Crippen molar-refractivity contribution >= 4 is 54.5 Å². The van der Waals surface area contributed by atoms with E-state index in [-0.39, 0.29) is 16.2 Å².